The number of aliphatic hydroxyl groups is 1. The molecule has 5 nitrogen and oxygen atoms in total. The summed E-state index contributed by atoms with van der Waals surface area (Å²) in [6.45, 7) is 1.60. The molecule has 22 heavy (non-hydrogen) atoms. The average Bonchev–Trinajstić information content (AvgIpc) is 2.80. The van der Waals surface area contributed by atoms with Crippen LogP contribution in [0.4, 0.5) is 0 Å². The van der Waals surface area contributed by atoms with Crippen molar-refractivity contribution in [2.45, 2.75) is 13.0 Å². The minimum atomic E-state index is -1.57. The SMILES string of the molecule is COC(=O)c1c(C)sc(C(O)C(=O)c2ccc(Cl)cc2)c1O. The zero-order valence-electron chi connectivity index (χ0n) is 11.8. The molecule has 1 unspecified atom stereocenters. The standard InChI is InChI=1S/C15H13ClO5S/c1-7-10(15(20)21-2)12(18)14(22-7)13(19)11(17)8-3-5-9(16)6-4-8/h3-6,13,18-19H,1-2H3. The number of ether oxygens (including phenoxy) is 1. The van der Waals surface area contributed by atoms with Gasteiger partial charge >= 0.3 is 5.97 Å². The van der Waals surface area contributed by atoms with Crippen molar-refractivity contribution in [2.24, 2.45) is 0 Å². The van der Waals surface area contributed by atoms with E-state index in [2.05, 4.69) is 4.74 Å². The molecule has 1 aromatic carbocycles. The Morgan fingerprint density at radius 3 is 2.41 bits per heavy atom. The maximum absolute atomic E-state index is 12.3. The van der Waals surface area contributed by atoms with E-state index in [0.717, 1.165) is 11.3 Å². The number of hydrogen-bond donors (Lipinski definition) is 2. The molecule has 0 saturated heterocycles. The van der Waals surface area contributed by atoms with Gasteiger partial charge in [-0.05, 0) is 31.2 Å². The fraction of sp³-hybridized carbons (Fsp3) is 0.200. The molecule has 0 bridgehead atoms. The van der Waals surface area contributed by atoms with Crippen LogP contribution in [0.25, 0.3) is 0 Å². The maximum atomic E-state index is 12.3. The van der Waals surface area contributed by atoms with Gasteiger partial charge in [0, 0.05) is 15.5 Å². The molecule has 2 aromatic rings. The second-order valence-corrected chi connectivity index (χ2v) is 6.20. The number of ketones is 1. The van der Waals surface area contributed by atoms with Crippen molar-refractivity contribution in [3.63, 3.8) is 0 Å². The van der Waals surface area contributed by atoms with Crippen LogP contribution >= 0.6 is 22.9 Å². The molecule has 0 fully saturated rings. The lowest BCUT2D eigenvalue weighted by atomic mass is 10.0. The number of carbonyl (C=O) groups is 2. The smallest absolute Gasteiger partial charge is 0.342 e. The van der Waals surface area contributed by atoms with Crippen LogP contribution in [0.15, 0.2) is 24.3 Å². The van der Waals surface area contributed by atoms with Crippen molar-refractivity contribution in [1.82, 2.24) is 0 Å². The Bertz CT molecular complexity index is 720. The molecule has 0 aliphatic heterocycles. The number of carbonyl (C=O) groups excluding carboxylic acids is 2. The number of benzene rings is 1. The van der Waals surface area contributed by atoms with Gasteiger partial charge in [-0.2, -0.15) is 0 Å². The summed E-state index contributed by atoms with van der Waals surface area (Å²) < 4.78 is 4.58. The number of thiophene rings is 1. The highest BCUT2D eigenvalue weighted by molar-refractivity contribution is 7.12. The second-order valence-electron chi connectivity index (χ2n) is 4.51. The van der Waals surface area contributed by atoms with Crippen LogP contribution in [-0.4, -0.2) is 29.1 Å². The van der Waals surface area contributed by atoms with E-state index in [4.69, 9.17) is 11.6 Å². The number of Topliss-reactive ketones (excluding diaryl/α,β-unsaturated/α-hetero) is 1. The van der Waals surface area contributed by atoms with Crippen molar-refractivity contribution < 1.29 is 24.5 Å². The fourth-order valence-corrected chi connectivity index (χ4v) is 3.13. The summed E-state index contributed by atoms with van der Waals surface area (Å²) in [5.74, 6) is -1.74. The predicted molar refractivity (Wildman–Crippen MR) is 82.8 cm³/mol. The lowest BCUT2D eigenvalue weighted by molar-refractivity contribution is 0.0595. The third kappa shape index (κ3) is 2.99. The number of halogens is 1. The minimum absolute atomic E-state index is 0.0119. The molecule has 0 aliphatic carbocycles. The van der Waals surface area contributed by atoms with Gasteiger partial charge in [0.15, 0.2) is 11.9 Å². The van der Waals surface area contributed by atoms with Crippen LogP contribution in [0.1, 0.15) is 36.6 Å². The molecular formula is C15H13ClO5S. The Balaban J connectivity index is 2.37. The number of aliphatic hydroxyl groups excluding tert-OH is 1. The van der Waals surface area contributed by atoms with Crippen molar-refractivity contribution in [1.29, 1.82) is 0 Å². The van der Waals surface area contributed by atoms with E-state index in [0.29, 0.717) is 9.90 Å². The number of methoxy groups -OCH3 is 1. The Labute approximate surface area is 135 Å². The number of hydrogen-bond acceptors (Lipinski definition) is 6. The molecule has 0 spiro atoms. The van der Waals surface area contributed by atoms with E-state index >= 15 is 0 Å². The van der Waals surface area contributed by atoms with Gasteiger partial charge in [-0.3, -0.25) is 4.79 Å². The second kappa shape index (κ2) is 6.48. The van der Waals surface area contributed by atoms with Gasteiger partial charge in [0.05, 0.1) is 12.0 Å². The van der Waals surface area contributed by atoms with Gasteiger partial charge in [0.25, 0.3) is 0 Å². The quantitative estimate of drug-likeness (QED) is 0.660. The zero-order valence-corrected chi connectivity index (χ0v) is 13.4. The third-order valence-corrected chi connectivity index (χ3v) is 4.50. The molecule has 0 amide bonds. The molecule has 7 heteroatoms. The lowest BCUT2D eigenvalue weighted by Crippen LogP contribution is -2.11. The van der Waals surface area contributed by atoms with E-state index in [1.165, 1.54) is 31.4 Å². The summed E-state index contributed by atoms with van der Waals surface area (Å²) in [6.07, 6.45) is -1.57. The van der Waals surface area contributed by atoms with Gasteiger partial charge in [-0.25, -0.2) is 4.79 Å². The molecule has 2 N–H and O–H groups in total. The molecular weight excluding hydrogens is 328 g/mol. The predicted octanol–water partition coefficient (Wildman–Crippen LogP) is 3.12. The number of aryl methyl sites for hydroxylation is 1. The highest BCUT2D eigenvalue weighted by atomic mass is 35.5. The Kier molecular flexibility index (Phi) is 4.85. The zero-order chi connectivity index (χ0) is 16.4. The van der Waals surface area contributed by atoms with E-state index in [1.807, 2.05) is 0 Å². The molecule has 0 radical (unpaired) electrons. The average molecular weight is 341 g/mol. The number of aromatic hydroxyl groups is 1. The topological polar surface area (TPSA) is 83.8 Å². The van der Waals surface area contributed by atoms with E-state index in [9.17, 15) is 19.8 Å². The van der Waals surface area contributed by atoms with Gasteiger partial charge in [0.1, 0.15) is 11.3 Å². The summed E-state index contributed by atoms with van der Waals surface area (Å²) >= 11 is 6.72. The first-order valence-electron chi connectivity index (χ1n) is 6.25. The van der Waals surface area contributed by atoms with Gasteiger partial charge in [-0.15, -0.1) is 11.3 Å². The summed E-state index contributed by atoms with van der Waals surface area (Å²) in [5.41, 5.74) is 0.215. The van der Waals surface area contributed by atoms with Crippen LogP contribution in [-0.2, 0) is 4.74 Å². The summed E-state index contributed by atoms with van der Waals surface area (Å²) in [6, 6.07) is 6.01. The summed E-state index contributed by atoms with van der Waals surface area (Å²) in [5, 5.41) is 20.8. The van der Waals surface area contributed by atoms with E-state index in [1.54, 1.807) is 6.92 Å². The first-order valence-corrected chi connectivity index (χ1v) is 7.44. The van der Waals surface area contributed by atoms with Crippen molar-refractivity contribution in [3.8, 4) is 5.75 Å². The number of rotatable bonds is 4. The largest absolute Gasteiger partial charge is 0.506 e. The maximum Gasteiger partial charge on any atom is 0.342 e. The van der Waals surface area contributed by atoms with Crippen LogP contribution in [0.2, 0.25) is 5.02 Å². The third-order valence-electron chi connectivity index (χ3n) is 3.10. The van der Waals surface area contributed by atoms with Crippen LogP contribution < -0.4 is 0 Å². The molecule has 0 saturated carbocycles. The molecule has 1 aromatic heterocycles. The highest BCUT2D eigenvalue weighted by Gasteiger charge is 2.29. The van der Waals surface area contributed by atoms with E-state index in [-0.39, 0.29) is 16.0 Å². The molecule has 1 heterocycles. The van der Waals surface area contributed by atoms with Crippen LogP contribution in [0, 0.1) is 6.92 Å². The first-order chi connectivity index (χ1) is 10.4. The monoisotopic (exact) mass is 340 g/mol. The van der Waals surface area contributed by atoms with Crippen LogP contribution in [0.3, 0.4) is 0 Å². The molecule has 0 aliphatic rings. The van der Waals surface area contributed by atoms with Crippen molar-refractivity contribution in [3.05, 3.63) is 50.2 Å². The first kappa shape index (κ1) is 16.5. The Hall–Kier alpha value is -1.89. The van der Waals surface area contributed by atoms with Gasteiger partial charge in [-0.1, -0.05) is 11.6 Å². The van der Waals surface area contributed by atoms with E-state index < -0.39 is 23.6 Å². The summed E-state index contributed by atoms with van der Waals surface area (Å²) in [4.78, 5) is 24.3. The lowest BCUT2D eigenvalue weighted by Gasteiger charge is -2.08. The van der Waals surface area contributed by atoms with Crippen LogP contribution in [0.5, 0.6) is 5.75 Å². The normalized spacial score (nSPS) is 12.0. The molecule has 2 rings (SSSR count). The van der Waals surface area contributed by atoms with Crippen molar-refractivity contribution in [2.75, 3.05) is 7.11 Å². The summed E-state index contributed by atoms with van der Waals surface area (Å²) in [7, 11) is 1.19. The fourth-order valence-electron chi connectivity index (χ4n) is 1.97. The van der Waals surface area contributed by atoms with Gasteiger partial charge in [0.2, 0.25) is 0 Å². The number of esters is 1. The molecule has 116 valence electrons. The minimum Gasteiger partial charge on any atom is -0.506 e. The van der Waals surface area contributed by atoms with Crippen molar-refractivity contribution >= 4 is 34.7 Å². The van der Waals surface area contributed by atoms with Gasteiger partial charge < -0.3 is 14.9 Å². The molecule has 1 atom stereocenters. The Morgan fingerprint density at radius 2 is 1.86 bits per heavy atom. The highest BCUT2D eigenvalue weighted by Crippen LogP contribution is 2.39. The Morgan fingerprint density at radius 1 is 1.27 bits per heavy atom.